The van der Waals surface area contributed by atoms with E-state index in [9.17, 15) is 4.79 Å². The quantitative estimate of drug-likeness (QED) is 0.355. The number of amides is 2. The molecule has 0 aromatic carbocycles. The topological polar surface area (TPSA) is 141 Å². The minimum atomic E-state index is -0.228. The number of carbonyl (C=O) groups is 1. The van der Waals surface area contributed by atoms with Gasteiger partial charge in [-0.05, 0) is 30.2 Å². The number of aromatic amines is 2. The molecule has 5 aromatic rings. The predicted octanol–water partition coefficient (Wildman–Crippen LogP) is 4.12. The van der Waals surface area contributed by atoms with Crippen LogP contribution in [-0.2, 0) is 0 Å². The van der Waals surface area contributed by atoms with Crippen molar-refractivity contribution in [2.24, 2.45) is 4.99 Å². The van der Waals surface area contributed by atoms with Gasteiger partial charge in [0.15, 0.2) is 17.1 Å². The maximum atomic E-state index is 12.0. The van der Waals surface area contributed by atoms with E-state index in [1.807, 2.05) is 30.6 Å². The van der Waals surface area contributed by atoms with Crippen LogP contribution in [0, 0.1) is 0 Å². The van der Waals surface area contributed by atoms with E-state index in [4.69, 9.17) is 4.98 Å². The molecule has 6 heterocycles. The third-order valence-corrected chi connectivity index (χ3v) is 6.05. The average molecular weight is 479 g/mol. The molecule has 0 aliphatic carbocycles. The zero-order chi connectivity index (χ0) is 24.6. The van der Waals surface area contributed by atoms with Crippen molar-refractivity contribution in [2.75, 3.05) is 19.4 Å². The zero-order valence-electron chi connectivity index (χ0n) is 19.6. The van der Waals surface area contributed by atoms with Gasteiger partial charge >= 0.3 is 6.03 Å². The molecule has 178 valence electrons. The number of imidazole rings is 1. The largest absolute Gasteiger partial charge is 0.331 e. The smallest absolute Gasteiger partial charge is 0.321 e. The molecule has 1 aliphatic rings. The first-order valence-corrected chi connectivity index (χ1v) is 11.4. The molecule has 11 heteroatoms. The molecule has 11 nitrogen and oxygen atoms in total. The fourth-order valence-electron chi connectivity index (χ4n) is 4.18. The van der Waals surface area contributed by atoms with Crippen molar-refractivity contribution in [3.05, 3.63) is 60.8 Å². The van der Waals surface area contributed by atoms with Gasteiger partial charge in [0.05, 0.1) is 17.3 Å². The Kier molecular flexibility index (Phi) is 5.21. The lowest BCUT2D eigenvalue weighted by Gasteiger charge is -2.12. The van der Waals surface area contributed by atoms with E-state index >= 15 is 0 Å². The van der Waals surface area contributed by atoms with E-state index in [2.05, 4.69) is 46.5 Å². The lowest BCUT2D eigenvalue weighted by atomic mass is 9.95. The molecule has 0 spiro atoms. The number of aromatic nitrogens is 7. The summed E-state index contributed by atoms with van der Waals surface area (Å²) in [5.74, 6) is 0.801. The van der Waals surface area contributed by atoms with Crippen LogP contribution in [0.1, 0.15) is 17.9 Å². The Bertz CT molecular complexity index is 1660. The average Bonchev–Trinajstić information content (AvgIpc) is 3.53. The molecule has 36 heavy (non-hydrogen) atoms. The Morgan fingerprint density at radius 1 is 1.11 bits per heavy atom. The summed E-state index contributed by atoms with van der Waals surface area (Å²) in [6.45, 7) is 0. The molecule has 6 rings (SSSR count). The van der Waals surface area contributed by atoms with Gasteiger partial charge in [-0.25, -0.2) is 19.7 Å². The lowest BCUT2D eigenvalue weighted by Crippen LogP contribution is -2.27. The minimum Gasteiger partial charge on any atom is -0.331 e. The number of hydrogen-bond acceptors (Lipinski definition) is 7. The van der Waals surface area contributed by atoms with Gasteiger partial charge in [0.1, 0.15) is 11.2 Å². The molecule has 1 aliphatic heterocycles. The molecular weight excluding hydrogens is 456 g/mol. The first-order valence-electron chi connectivity index (χ1n) is 11.4. The fraction of sp³-hybridized carbons (Fsp3) is 0.160. The Balaban J connectivity index is 1.39. The zero-order valence-corrected chi connectivity index (χ0v) is 19.6. The normalized spacial score (nSPS) is 15.0. The summed E-state index contributed by atoms with van der Waals surface area (Å²) in [4.78, 5) is 39.2. The number of carbonyl (C=O) groups excluding carboxylic acids is 1. The summed E-state index contributed by atoms with van der Waals surface area (Å²) in [6.07, 6.45) is 13.5. The van der Waals surface area contributed by atoms with Crippen LogP contribution in [0.15, 0.2) is 60.3 Å². The molecular formula is C25H22N10O. The highest BCUT2D eigenvalue weighted by atomic mass is 16.2. The number of rotatable bonds is 4. The van der Waals surface area contributed by atoms with Gasteiger partial charge in [-0.15, -0.1) is 0 Å². The van der Waals surface area contributed by atoms with Gasteiger partial charge in [0.2, 0.25) is 0 Å². The molecule has 2 amide bonds. The van der Waals surface area contributed by atoms with Crippen LogP contribution >= 0.6 is 0 Å². The van der Waals surface area contributed by atoms with Crippen molar-refractivity contribution in [2.45, 2.75) is 12.3 Å². The first kappa shape index (κ1) is 21.6. The first-order chi connectivity index (χ1) is 17.6. The molecule has 0 saturated carbocycles. The standard InChI is InChI=1S/C25H22N10O/c1-35(2)25(36)30-17-9-15(11-27-13-17)16-10-19-21(33-34-22(19)29-12-16)24-31-20-18(5-8-28-23(20)32-24)14-3-6-26-7-4-14/h3,5-14H,4H2,1-2H3,(H,30,36)(H,28,31,32)(H,29,33,34). The third-order valence-electron chi connectivity index (χ3n) is 6.05. The number of nitrogens with zero attached hydrogens (tertiary/aromatic N) is 7. The van der Waals surface area contributed by atoms with Crippen molar-refractivity contribution in [1.82, 2.24) is 40.0 Å². The second-order valence-electron chi connectivity index (χ2n) is 8.68. The van der Waals surface area contributed by atoms with Gasteiger partial charge in [-0.3, -0.25) is 15.1 Å². The number of hydrogen-bond donors (Lipinski definition) is 3. The van der Waals surface area contributed by atoms with Crippen molar-refractivity contribution < 1.29 is 4.79 Å². The Morgan fingerprint density at radius 2 is 2.00 bits per heavy atom. The predicted molar refractivity (Wildman–Crippen MR) is 138 cm³/mol. The molecule has 0 radical (unpaired) electrons. The number of H-pyrrole nitrogens is 2. The maximum Gasteiger partial charge on any atom is 0.321 e. The van der Waals surface area contributed by atoms with Crippen LogP contribution in [0.25, 0.3) is 44.8 Å². The molecule has 0 bridgehead atoms. The van der Waals surface area contributed by atoms with E-state index in [0.717, 1.165) is 34.0 Å². The number of allylic oxidation sites excluding steroid dienone is 1. The highest BCUT2D eigenvalue weighted by Gasteiger charge is 2.19. The summed E-state index contributed by atoms with van der Waals surface area (Å²) < 4.78 is 0. The van der Waals surface area contributed by atoms with E-state index < -0.39 is 0 Å². The van der Waals surface area contributed by atoms with E-state index in [-0.39, 0.29) is 11.9 Å². The van der Waals surface area contributed by atoms with Crippen LogP contribution in [-0.4, -0.2) is 66.4 Å². The van der Waals surface area contributed by atoms with Gasteiger partial charge in [-0.2, -0.15) is 5.10 Å². The molecule has 0 saturated heterocycles. The molecule has 5 aromatic heterocycles. The van der Waals surface area contributed by atoms with Crippen LogP contribution < -0.4 is 5.32 Å². The van der Waals surface area contributed by atoms with Crippen molar-refractivity contribution >= 4 is 40.1 Å². The van der Waals surface area contributed by atoms with Crippen LogP contribution in [0.3, 0.4) is 0 Å². The van der Waals surface area contributed by atoms with Crippen molar-refractivity contribution in [3.63, 3.8) is 0 Å². The second-order valence-corrected chi connectivity index (χ2v) is 8.68. The number of fused-ring (bicyclic) bond motifs is 2. The molecule has 0 fully saturated rings. The number of urea groups is 1. The maximum absolute atomic E-state index is 12.0. The second kappa shape index (κ2) is 8.69. The monoisotopic (exact) mass is 478 g/mol. The summed E-state index contributed by atoms with van der Waals surface area (Å²) >= 11 is 0. The van der Waals surface area contributed by atoms with Crippen molar-refractivity contribution in [3.8, 4) is 22.6 Å². The summed E-state index contributed by atoms with van der Waals surface area (Å²) in [6, 6.07) is 5.61. The molecule has 1 unspecified atom stereocenters. The van der Waals surface area contributed by atoms with Gasteiger partial charge in [0.25, 0.3) is 0 Å². The fourth-order valence-corrected chi connectivity index (χ4v) is 4.18. The highest BCUT2D eigenvalue weighted by molar-refractivity contribution is 5.94. The third kappa shape index (κ3) is 3.86. The Hall–Kier alpha value is -4.93. The number of nitrogens with one attached hydrogen (secondary N) is 3. The number of pyridine rings is 3. The van der Waals surface area contributed by atoms with Crippen LogP contribution in [0.2, 0.25) is 0 Å². The van der Waals surface area contributed by atoms with Crippen LogP contribution in [0.4, 0.5) is 10.5 Å². The van der Waals surface area contributed by atoms with Gasteiger partial charge < -0.3 is 15.2 Å². The Labute approximate surface area is 205 Å². The SMILES string of the molecule is CN(C)C(=O)Nc1cncc(-c2cnc3[nH]nc(-c4nc5c(C6C=CN=CC6)ccnc5[nH]4)c3c2)c1. The minimum absolute atomic E-state index is 0.195. The summed E-state index contributed by atoms with van der Waals surface area (Å²) in [7, 11) is 3.36. The summed E-state index contributed by atoms with van der Waals surface area (Å²) in [5, 5.41) is 11.1. The number of aliphatic imine (C=N–C) groups is 1. The van der Waals surface area contributed by atoms with Gasteiger partial charge in [-0.1, -0.05) is 6.08 Å². The van der Waals surface area contributed by atoms with E-state index in [1.54, 1.807) is 38.9 Å². The Morgan fingerprint density at radius 3 is 2.83 bits per heavy atom. The van der Waals surface area contributed by atoms with Crippen LogP contribution in [0.5, 0.6) is 0 Å². The molecule has 1 atom stereocenters. The molecule has 3 N–H and O–H groups in total. The van der Waals surface area contributed by atoms with E-state index in [1.165, 1.54) is 4.90 Å². The highest BCUT2D eigenvalue weighted by Crippen LogP contribution is 2.32. The van der Waals surface area contributed by atoms with Gasteiger partial charge in [0, 0.05) is 62.1 Å². The van der Waals surface area contributed by atoms with Crippen molar-refractivity contribution in [1.29, 1.82) is 0 Å². The summed E-state index contributed by atoms with van der Waals surface area (Å²) in [5.41, 5.74) is 6.13. The lowest BCUT2D eigenvalue weighted by molar-refractivity contribution is 0.230. The number of anilines is 1. The van der Waals surface area contributed by atoms with E-state index in [0.29, 0.717) is 28.5 Å².